The Morgan fingerprint density at radius 3 is 2.31 bits per heavy atom. The lowest BCUT2D eigenvalue weighted by molar-refractivity contribution is 0.477. The number of nitrogens with two attached hydrogens (primary N) is 1. The molecule has 0 saturated carbocycles. The van der Waals surface area contributed by atoms with Crippen molar-refractivity contribution in [2.45, 2.75) is 23.7 Å². The zero-order valence-electron chi connectivity index (χ0n) is 18.3. The van der Waals surface area contributed by atoms with Crippen LogP contribution in [0.1, 0.15) is 23.2 Å². The fraction of sp³-hybridized carbons (Fsp3) is 0.154. The van der Waals surface area contributed by atoms with Crippen LogP contribution < -0.4 is 17.0 Å². The summed E-state index contributed by atoms with van der Waals surface area (Å²) in [5, 5.41) is 1.21. The Bertz CT molecular complexity index is 1520. The van der Waals surface area contributed by atoms with Crippen molar-refractivity contribution in [1.82, 2.24) is 9.13 Å². The summed E-state index contributed by atoms with van der Waals surface area (Å²) >= 11 is 14.3. The average molecular weight is 528 g/mol. The van der Waals surface area contributed by atoms with Crippen molar-refractivity contribution in [2.24, 2.45) is 5.73 Å². The molecule has 2 heterocycles. The van der Waals surface area contributed by atoms with E-state index in [2.05, 4.69) is 0 Å². The Morgan fingerprint density at radius 2 is 1.63 bits per heavy atom. The summed E-state index contributed by atoms with van der Waals surface area (Å²) in [7, 11) is 0. The summed E-state index contributed by atoms with van der Waals surface area (Å²) in [6, 6.07) is 19.2. The fourth-order valence-electron chi connectivity index (χ4n) is 4.40. The molecule has 0 spiro atoms. The highest BCUT2D eigenvalue weighted by atomic mass is 35.5. The zero-order chi connectivity index (χ0) is 24.7. The number of fused-ring (bicyclic) bond motifs is 1. The second-order valence-corrected chi connectivity index (χ2v) is 10.0. The Morgan fingerprint density at radius 1 is 0.971 bits per heavy atom. The van der Waals surface area contributed by atoms with Gasteiger partial charge in [-0.05, 0) is 23.8 Å². The van der Waals surface area contributed by atoms with Crippen molar-refractivity contribution in [3.8, 4) is 11.1 Å². The lowest BCUT2D eigenvalue weighted by Gasteiger charge is -2.21. The Hall–Kier alpha value is -2.84. The van der Waals surface area contributed by atoms with Crippen molar-refractivity contribution < 1.29 is 4.39 Å². The van der Waals surface area contributed by atoms with Gasteiger partial charge in [0.25, 0.3) is 5.56 Å². The molecule has 3 aromatic carbocycles. The third-order valence-electron chi connectivity index (χ3n) is 6.10. The summed E-state index contributed by atoms with van der Waals surface area (Å²) in [6.07, 6.45) is 0. The lowest BCUT2D eigenvalue weighted by atomic mass is 10.1. The monoisotopic (exact) mass is 527 g/mol. The molecule has 35 heavy (non-hydrogen) atoms. The molecule has 2 N–H and O–H groups in total. The highest BCUT2D eigenvalue weighted by molar-refractivity contribution is 7.99. The highest BCUT2D eigenvalue weighted by Gasteiger charge is 2.34. The molecule has 0 radical (unpaired) electrons. The molecule has 4 aromatic rings. The van der Waals surface area contributed by atoms with E-state index in [1.165, 1.54) is 28.5 Å². The van der Waals surface area contributed by atoms with Crippen LogP contribution in [0.4, 0.5) is 4.39 Å². The third kappa shape index (κ3) is 4.23. The van der Waals surface area contributed by atoms with E-state index in [1.54, 1.807) is 30.3 Å². The van der Waals surface area contributed by atoms with E-state index in [0.29, 0.717) is 26.4 Å². The highest BCUT2D eigenvalue weighted by Crippen LogP contribution is 2.44. The van der Waals surface area contributed by atoms with Gasteiger partial charge in [0, 0.05) is 33.0 Å². The smallest absolute Gasteiger partial charge is 0.322 e. The minimum absolute atomic E-state index is 0.0724. The van der Waals surface area contributed by atoms with Crippen LogP contribution in [0.3, 0.4) is 0 Å². The van der Waals surface area contributed by atoms with Gasteiger partial charge in [-0.15, -0.1) is 11.8 Å². The van der Waals surface area contributed by atoms with Crippen LogP contribution in [0, 0.1) is 5.82 Å². The van der Waals surface area contributed by atoms with Crippen molar-refractivity contribution >= 4 is 35.0 Å². The molecule has 2 unspecified atom stereocenters. The van der Waals surface area contributed by atoms with Crippen LogP contribution in [-0.4, -0.2) is 14.9 Å². The molecule has 1 aromatic heterocycles. The SMILES string of the molecule is NC(Cn1c(=O)c(-c2ccccc2F)c2n(c1=O)C(c1c(Cl)cccc1Cl)CS2)c1ccccc1. The van der Waals surface area contributed by atoms with Crippen LogP contribution in [-0.2, 0) is 6.54 Å². The maximum Gasteiger partial charge on any atom is 0.332 e. The number of rotatable bonds is 5. The molecule has 178 valence electrons. The minimum atomic E-state index is -0.620. The largest absolute Gasteiger partial charge is 0.332 e. The molecule has 1 aliphatic rings. The summed E-state index contributed by atoms with van der Waals surface area (Å²) < 4.78 is 17.5. The topological polar surface area (TPSA) is 70.0 Å². The van der Waals surface area contributed by atoms with Gasteiger partial charge in [-0.1, -0.05) is 77.8 Å². The minimum Gasteiger partial charge on any atom is -0.322 e. The van der Waals surface area contributed by atoms with E-state index < -0.39 is 29.1 Å². The number of hydrogen-bond donors (Lipinski definition) is 1. The molecule has 1 aliphatic heterocycles. The molecule has 2 atom stereocenters. The summed E-state index contributed by atoms with van der Waals surface area (Å²) in [5.74, 6) is -0.140. The van der Waals surface area contributed by atoms with Crippen molar-refractivity contribution in [2.75, 3.05) is 5.75 Å². The fourth-order valence-corrected chi connectivity index (χ4v) is 6.37. The maximum atomic E-state index is 14.9. The molecule has 5 rings (SSSR count). The van der Waals surface area contributed by atoms with Gasteiger partial charge in [0.2, 0.25) is 0 Å². The number of thioether (sulfide) groups is 1. The molecule has 0 fully saturated rings. The van der Waals surface area contributed by atoms with E-state index in [1.807, 2.05) is 30.3 Å². The molecule has 0 amide bonds. The first kappa shape index (κ1) is 23.9. The van der Waals surface area contributed by atoms with Gasteiger partial charge >= 0.3 is 5.69 Å². The molecule has 0 bridgehead atoms. The van der Waals surface area contributed by atoms with E-state index in [0.717, 1.165) is 10.1 Å². The number of nitrogens with zero attached hydrogens (tertiary/aromatic N) is 2. The van der Waals surface area contributed by atoms with Gasteiger partial charge in [0.05, 0.1) is 23.2 Å². The van der Waals surface area contributed by atoms with Crippen LogP contribution in [0.15, 0.2) is 87.4 Å². The van der Waals surface area contributed by atoms with Gasteiger partial charge < -0.3 is 5.73 Å². The number of halogens is 3. The predicted octanol–water partition coefficient (Wildman–Crippen LogP) is 5.52. The second kappa shape index (κ2) is 9.66. The van der Waals surface area contributed by atoms with Crippen molar-refractivity contribution in [3.63, 3.8) is 0 Å². The van der Waals surface area contributed by atoms with Crippen molar-refractivity contribution in [3.05, 3.63) is 121 Å². The molecular formula is C26H20Cl2FN3O2S. The average Bonchev–Trinajstić information content (AvgIpc) is 3.28. The first-order valence-corrected chi connectivity index (χ1v) is 12.6. The van der Waals surface area contributed by atoms with Crippen LogP contribution in [0.25, 0.3) is 11.1 Å². The van der Waals surface area contributed by atoms with E-state index in [9.17, 15) is 14.0 Å². The first-order valence-electron chi connectivity index (χ1n) is 10.9. The van der Waals surface area contributed by atoms with E-state index in [4.69, 9.17) is 28.9 Å². The Balaban J connectivity index is 1.77. The number of benzene rings is 3. The van der Waals surface area contributed by atoms with Gasteiger partial charge in [0.1, 0.15) is 5.82 Å². The van der Waals surface area contributed by atoms with Gasteiger partial charge in [-0.2, -0.15) is 0 Å². The second-order valence-electron chi connectivity index (χ2n) is 8.21. The Labute approximate surface area is 214 Å². The summed E-state index contributed by atoms with van der Waals surface area (Å²) in [5.41, 5.74) is 6.88. The van der Waals surface area contributed by atoms with Gasteiger partial charge in [-0.25, -0.2) is 9.18 Å². The van der Waals surface area contributed by atoms with Crippen LogP contribution in [0.5, 0.6) is 0 Å². The van der Waals surface area contributed by atoms with Crippen molar-refractivity contribution in [1.29, 1.82) is 0 Å². The molecule has 0 saturated heterocycles. The standard InChI is InChI=1S/C26H20Cl2FN3O2S/c27-17-10-6-11-18(28)23(17)21-14-35-25-22(16-9-4-5-12-19(16)29)24(33)31(26(34)32(21)25)13-20(30)15-7-2-1-3-8-15/h1-12,20-21H,13-14,30H2. The third-order valence-corrected chi connectivity index (χ3v) is 7.92. The first-order chi connectivity index (χ1) is 16.9. The quantitative estimate of drug-likeness (QED) is 0.347. The maximum absolute atomic E-state index is 14.9. The van der Waals surface area contributed by atoms with Gasteiger partial charge in [0.15, 0.2) is 0 Å². The van der Waals surface area contributed by atoms with Gasteiger partial charge in [-0.3, -0.25) is 13.9 Å². The summed E-state index contributed by atoms with van der Waals surface area (Å²) in [6.45, 7) is -0.0724. The number of hydrogen-bond acceptors (Lipinski definition) is 4. The lowest BCUT2D eigenvalue weighted by Crippen LogP contribution is -2.44. The predicted molar refractivity (Wildman–Crippen MR) is 139 cm³/mol. The molecular weight excluding hydrogens is 508 g/mol. The van der Waals surface area contributed by atoms with E-state index in [-0.39, 0.29) is 17.7 Å². The van der Waals surface area contributed by atoms with Crippen LogP contribution in [0.2, 0.25) is 10.0 Å². The Kier molecular flexibility index (Phi) is 6.59. The number of aromatic nitrogens is 2. The molecule has 9 heteroatoms. The summed E-state index contributed by atoms with van der Waals surface area (Å²) in [4.78, 5) is 27.5. The van der Waals surface area contributed by atoms with E-state index >= 15 is 0 Å². The zero-order valence-corrected chi connectivity index (χ0v) is 20.7. The molecule has 0 aliphatic carbocycles. The van der Waals surface area contributed by atoms with Crippen LogP contribution >= 0.6 is 35.0 Å². The normalized spacial score (nSPS) is 15.7. The molecule has 5 nitrogen and oxygen atoms in total.